The van der Waals surface area contributed by atoms with Gasteiger partial charge in [0.15, 0.2) is 23.2 Å². The molecule has 5 rings (SSSR count). The highest BCUT2D eigenvalue weighted by atomic mass is 16.7. The molecule has 228 valence electrons. The summed E-state index contributed by atoms with van der Waals surface area (Å²) < 4.78 is 22.1. The van der Waals surface area contributed by atoms with Crippen LogP contribution in [0.2, 0.25) is 0 Å². The summed E-state index contributed by atoms with van der Waals surface area (Å²) in [6, 6.07) is 5.62. The second-order valence-electron chi connectivity index (χ2n) is 10.3. The number of aliphatic hydroxyl groups excluding tert-OH is 6. The molecule has 2 saturated heterocycles. The van der Waals surface area contributed by atoms with Gasteiger partial charge in [-0.1, -0.05) is 0 Å². The van der Waals surface area contributed by atoms with Gasteiger partial charge in [-0.2, -0.15) is 0 Å². The summed E-state index contributed by atoms with van der Waals surface area (Å²) in [6.07, 6.45) is -15.8. The molecule has 0 aliphatic carbocycles. The first kappa shape index (κ1) is 30.0. The third kappa shape index (κ3) is 5.15. The maximum Gasteiger partial charge on any atom is 0.197 e. The summed E-state index contributed by atoms with van der Waals surface area (Å²) in [5, 5.41) is 103. The summed E-state index contributed by atoms with van der Waals surface area (Å²) in [7, 11) is 0. The average molecular weight is 595 g/mol. The minimum absolute atomic E-state index is 0.0712. The molecule has 3 heterocycles. The predicted molar refractivity (Wildman–Crippen MR) is 139 cm³/mol. The maximum absolute atomic E-state index is 13.0. The van der Waals surface area contributed by atoms with Crippen LogP contribution in [0.15, 0.2) is 39.5 Å². The average Bonchev–Trinajstić information content (AvgIpc) is 2.94. The normalized spacial score (nSPS) is 33.6. The number of aromatic hydroxyl groups is 4. The summed E-state index contributed by atoms with van der Waals surface area (Å²) >= 11 is 0. The molecule has 2 aromatic carbocycles. The lowest BCUT2D eigenvalue weighted by Crippen LogP contribution is -2.59. The summed E-state index contributed by atoms with van der Waals surface area (Å²) in [6.45, 7) is 0.844. The van der Waals surface area contributed by atoms with Gasteiger partial charge >= 0.3 is 0 Å². The lowest BCUT2D eigenvalue weighted by Gasteiger charge is -2.43. The Bertz CT molecular complexity index is 1520. The van der Waals surface area contributed by atoms with Crippen LogP contribution in [-0.4, -0.2) is 113 Å². The number of phenolic OH excluding ortho intramolecular Hbond substituents is 4. The van der Waals surface area contributed by atoms with Gasteiger partial charge in [-0.3, -0.25) is 4.79 Å². The molecule has 2 fully saturated rings. The number of fused-ring (bicyclic) bond motifs is 1. The molecule has 0 radical (unpaired) electrons. The maximum atomic E-state index is 13.0. The van der Waals surface area contributed by atoms with Gasteiger partial charge in [-0.15, -0.1) is 0 Å². The molecule has 2 aliphatic heterocycles. The molecule has 0 spiro atoms. The number of benzene rings is 2. The van der Waals surface area contributed by atoms with Crippen LogP contribution in [-0.2, 0) is 14.2 Å². The van der Waals surface area contributed by atoms with Crippen molar-refractivity contribution in [3.8, 4) is 34.3 Å². The standard InChI is InChI=1S/C27H30O15/c1-8-19(32)22(35)25(38)27(40-8)39-7-16-20(33)23(36)24(37)26(42-16)18-13(31)6-15-17(21(18)34)12(30)5-14(41-15)9-2-3-10(28)11(29)4-9/h2-6,8,16,19-20,22-29,31-38H,7H2,1H3. The molecule has 2 aliphatic rings. The van der Waals surface area contributed by atoms with Gasteiger partial charge in [-0.25, -0.2) is 0 Å². The fourth-order valence-corrected chi connectivity index (χ4v) is 5.07. The Morgan fingerprint density at radius 2 is 1.45 bits per heavy atom. The number of rotatable bonds is 5. The molecule has 0 saturated carbocycles. The minimum Gasteiger partial charge on any atom is -0.507 e. The highest BCUT2D eigenvalue weighted by molar-refractivity contribution is 5.88. The Labute approximate surface area is 236 Å². The van der Waals surface area contributed by atoms with Crippen LogP contribution in [0.5, 0.6) is 23.0 Å². The van der Waals surface area contributed by atoms with Crippen LogP contribution in [0.4, 0.5) is 0 Å². The lowest BCUT2D eigenvalue weighted by atomic mass is 9.89. The zero-order valence-electron chi connectivity index (χ0n) is 21.9. The van der Waals surface area contributed by atoms with Gasteiger partial charge in [-0.05, 0) is 25.1 Å². The Kier molecular flexibility index (Phi) is 8.06. The van der Waals surface area contributed by atoms with E-state index in [1.807, 2.05) is 0 Å². The lowest BCUT2D eigenvalue weighted by molar-refractivity contribution is -0.308. The number of hydrogen-bond acceptors (Lipinski definition) is 15. The Hall–Kier alpha value is -3.51. The summed E-state index contributed by atoms with van der Waals surface area (Å²) in [4.78, 5) is 13.0. The first-order valence-corrected chi connectivity index (χ1v) is 12.9. The smallest absolute Gasteiger partial charge is 0.197 e. The molecule has 15 nitrogen and oxygen atoms in total. The molecule has 10 atom stereocenters. The van der Waals surface area contributed by atoms with Gasteiger partial charge in [0.05, 0.1) is 18.3 Å². The number of ether oxygens (including phenoxy) is 3. The Morgan fingerprint density at radius 3 is 2.14 bits per heavy atom. The number of aliphatic hydroxyl groups is 6. The Morgan fingerprint density at radius 1 is 0.762 bits per heavy atom. The van der Waals surface area contributed by atoms with E-state index in [4.69, 9.17) is 18.6 Å². The van der Waals surface area contributed by atoms with E-state index in [9.17, 15) is 55.9 Å². The molecular formula is C27H30O15. The van der Waals surface area contributed by atoms with Crippen molar-refractivity contribution in [3.05, 3.63) is 46.1 Å². The molecule has 42 heavy (non-hydrogen) atoms. The van der Waals surface area contributed by atoms with Crippen molar-refractivity contribution >= 4 is 11.0 Å². The fourth-order valence-electron chi connectivity index (χ4n) is 5.07. The zero-order chi connectivity index (χ0) is 30.6. The van der Waals surface area contributed by atoms with Crippen molar-refractivity contribution < 1.29 is 69.7 Å². The van der Waals surface area contributed by atoms with Crippen molar-refractivity contribution in [1.82, 2.24) is 0 Å². The largest absolute Gasteiger partial charge is 0.507 e. The van der Waals surface area contributed by atoms with Gasteiger partial charge in [0.2, 0.25) is 0 Å². The minimum atomic E-state index is -1.91. The van der Waals surface area contributed by atoms with E-state index in [1.165, 1.54) is 19.1 Å². The molecule has 10 unspecified atom stereocenters. The fraction of sp³-hybridized carbons (Fsp3) is 0.444. The van der Waals surface area contributed by atoms with Gasteiger partial charge in [0.1, 0.15) is 77.1 Å². The van der Waals surface area contributed by atoms with Crippen LogP contribution in [0.3, 0.4) is 0 Å². The van der Waals surface area contributed by atoms with E-state index in [1.54, 1.807) is 0 Å². The SMILES string of the molecule is CC1OC(OCC2OC(c3c(O)cc4oc(-c5ccc(O)c(O)c5)cc(=O)c4c3O)C(O)C(O)C2O)C(O)C(O)C1O. The molecular weight excluding hydrogens is 564 g/mol. The van der Waals surface area contributed by atoms with Crippen molar-refractivity contribution in [2.75, 3.05) is 6.61 Å². The van der Waals surface area contributed by atoms with Crippen LogP contribution in [0, 0.1) is 0 Å². The quantitative estimate of drug-likeness (QED) is 0.153. The number of hydrogen-bond donors (Lipinski definition) is 10. The molecule has 1 aromatic heterocycles. The van der Waals surface area contributed by atoms with E-state index in [0.29, 0.717) is 0 Å². The van der Waals surface area contributed by atoms with Gasteiger partial charge in [0, 0.05) is 17.7 Å². The van der Waals surface area contributed by atoms with Crippen molar-refractivity contribution in [2.24, 2.45) is 0 Å². The zero-order valence-corrected chi connectivity index (χ0v) is 21.9. The predicted octanol–water partition coefficient (Wildman–Crippen LogP) is -1.35. The first-order chi connectivity index (χ1) is 19.8. The molecule has 10 N–H and O–H groups in total. The monoisotopic (exact) mass is 594 g/mol. The van der Waals surface area contributed by atoms with Crippen molar-refractivity contribution in [2.45, 2.75) is 68.1 Å². The van der Waals surface area contributed by atoms with Crippen molar-refractivity contribution in [1.29, 1.82) is 0 Å². The molecule has 3 aromatic rings. The van der Waals surface area contributed by atoms with Gasteiger partial charge < -0.3 is 69.7 Å². The molecule has 0 amide bonds. The number of phenols is 4. The second kappa shape index (κ2) is 11.3. The van der Waals surface area contributed by atoms with Crippen LogP contribution < -0.4 is 5.43 Å². The van der Waals surface area contributed by atoms with Crippen LogP contribution >= 0.6 is 0 Å². The Balaban J connectivity index is 1.45. The van der Waals surface area contributed by atoms with E-state index >= 15 is 0 Å². The van der Waals surface area contributed by atoms with E-state index in [-0.39, 0.29) is 16.9 Å². The second-order valence-corrected chi connectivity index (χ2v) is 10.3. The third-order valence-corrected chi connectivity index (χ3v) is 7.50. The highest BCUT2D eigenvalue weighted by Crippen LogP contribution is 2.45. The topological polar surface area (TPSA) is 260 Å². The van der Waals surface area contributed by atoms with E-state index in [0.717, 1.165) is 18.2 Å². The van der Waals surface area contributed by atoms with Crippen molar-refractivity contribution in [3.63, 3.8) is 0 Å². The molecule has 0 bridgehead atoms. The van der Waals surface area contributed by atoms with E-state index in [2.05, 4.69) is 0 Å². The van der Waals surface area contributed by atoms with Crippen LogP contribution in [0.1, 0.15) is 18.6 Å². The molecule has 15 heteroatoms. The highest BCUT2D eigenvalue weighted by Gasteiger charge is 2.48. The van der Waals surface area contributed by atoms with E-state index < -0.39 is 107 Å². The van der Waals surface area contributed by atoms with Crippen LogP contribution in [0.25, 0.3) is 22.3 Å². The summed E-state index contributed by atoms with van der Waals surface area (Å²) in [5.74, 6) is -2.51. The van der Waals surface area contributed by atoms with Gasteiger partial charge in [0.25, 0.3) is 0 Å². The summed E-state index contributed by atoms with van der Waals surface area (Å²) in [5.41, 5.74) is -1.38. The first-order valence-electron chi connectivity index (χ1n) is 12.9. The third-order valence-electron chi connectivity index (χ3n) is 7.50.